The lowest BCUT2D eigenvalue weighted by molar-refractivity contribution is -0.157. The maximum absolute atomic E-state index is 11.8. The fraction of sp³-hybridized carbons (Fsp3) is 0.143. The summed E-state index contributed by atoms with van der Waals surface area (Å²) in [6, 6.07) is 2.40. The van der Waals surface area contributed by atoms with Crippen LogP contribution in [0.5, 0.6) is 0 Å². The second-order valence-corrected chi connectivity index (χ2v) is 6.74. The summed E-state index contributed by atoms with van der Waals surface area (Å²) in [4.78, 5) is 46.7. The summed E-state index contributed by atoms with van der Waals surface area (Å²) in [6.07, 6.45) is -0.733. The molecule has 10 heteroatoms. The summed E-state index contributed by atoms with van der Waals surface area (Å²) >= 11 is 5.89. The van der Waals surface area contributed by atoms with Crippen LogP contribution in [0.4, 0.5) is 0 Å². The van der Waals surface area contributed by atoms with Crippen molar-refractivity contribution in [1.82, 2.24) is 0 Å². The molecule has 0 amide bonds. The van der Waals surface area contributed by atoms with Gasteiger partial charge in [0.2, 0.25) is 0 Å². The zero-order valence-electron chi connectivity index (χ0n) is 11.5. The first-order valence-electron chi connectivity index (χ1n) is 6.21. The zero-order chi connectivity index (χ0) is 18.4. The van der Waals surface area contributed by atoms with E-state index >= 15 is 0 Å². The van der Waals surface area contributed by atoms with Gasteiger partial charge in [0, 0.05) is 20.9 Å². The number of hydrogen-bond donors (Lipinski definition) is 4. The van der Waals surface area contributed by atoms with E-state index in [1.807, 2.05) is 0 Å². The lowest BCUT2D eigenvalue weighted by atomic mass is 9.68. The van der Waals surface area contributed by atoms with Crippen molar-refractivity contribution in [2.24, 2.45) is 0 Å². The van der Waals surface area contributed by atoms with Crippen molar-refractivity contribution in [2.45, 2.75) is 11.8 Å². The molecular formula is C14H8Br2O8. The molecule has 0 aromatic heterocycles. The summed E-state index contributed by atoms with van der Waals surface area (Å²) in [5.41, 5.74) is -4.46. The normalized spacial score (nSPS) is 15.6. The maximum Gasteiger partial charge on any atom is 0.337 e. The van der Waals surface area contributed by atoms with E-state index in [0.717, 1.165) is 0 Å². The van der Waals surface area contributed by atoms with Crippen LogP contribution in [0.3, 0.4) is 0 Å². The highest BCUT2D eigenvalue weighted by molar-refractivity contribution is 9.11. The number of hydrogen-bond acceptors (Lipinski definition) is 4. The van der Waals surface area contributed by atoms with Gasteiger partial charge in [0.1, 0.15) is 0 Å². The number of rotatable bonds is 4. The predicted molar refractivity (Wildman–Crippen MR) is 86.2 cm³/mol. The molecule has 2 rings (SSSR count). The number of allylic oxidation sites excluding steroid dienone is 1. The third kappa shape index (κ3) is 2.42. The fourth-order valence-corrected chi connectivity index (χ4v) is 3.99. The maximum atomic E-state index is 11.8. The Kier molecular flexibility index (Phi) is 4.55. The van der Waals surface area contributed by atoms with E-state index < -0.39 is 46.8 Å². The van der Waals surface area contributed by atoms with Crippen LogP contribution in [0.15, 0.2) is 21.1 Å². The Morgan fingerprint density at radius 1 is 0.917 bits per heavy atom. The molecule has 0 spiro atoms. The van der Waals surface area contributed by atoms with Crippen LogP contribution < -0.4 is 0 Å². The second kappa shape index (κ2) is 6.02. The average molecular weight is 464 g/mol. The van der Waals surface area contributed by atoms with Crippen molar-refractivity contribution in [3.8, 4) is 0 Å². The third-order valence-corrected chi connectivity index (χ3v) is 5.04. The Balaban J connectivity index is 3.10. The van der Waals surface area contributed by atoms with Gasteiger partial charge in [-0.1, -0.05) is 22.0 Å². The monoisotopic (exact) mass is 462 g/mol. The summed E-state index contributed by atoms with van der Waals surface area (Å²) < 4.78 is -0.200. The third-order valence-electron chi connectivity index (χ3n) is 3.70. The molecule has 24 heavy (non-hydrogen) atoms. The summed E-state index contributed by atoms with van der Waals surface area (Å²) in [6.45, 7) is 0. The van der Waals surface area contributed by atoms with Gasteiger partial charge in [-0.15, -0.1) is 0 Å². The molecule has 1 aromatic carbocycles. The van der Waals surface area contributed by atoms with Crippen molar-refractivity contribution >= 4 is 61.3 Å². The minimum absolute atomic E-state index is 0.0524. The summed E-state index contributed by atoms with van der Waals surface area (Å²) in [7, 11) is 0. The van der Waals surface area contributed by atoms with E-state index in [1.165, 1.54) is 12.1 Å². The molecule has 1 aromatic rings. The van der Waals surface area contributed by atoms with Crippen LogP contribution in [0.1, 0.15) is 27.9 Å². The van der Waals surface area contributed by atoms with Crippen LogP contribution in [-0.4, -0.2) is 44.3 Å². The minimum atomic E-state index is -2.63. The second-order valence-electron chi connectivity index (χ2n) is 4.93. The van der Waals surface area contributed by atoms with E-state index in [1.54, 1.807) is 0 Å². The molecule has 0 unspecified atom stereocenters. The summed E-state index contributed by atoms with van der Waals surface area (Å²) in [5.74, 6) is -6.60. The van der Waals surface area contributed by atoms with E-state index in [9.17, 15) is 39.6 Å². The Morgan fingerprint density at radius 3 is 1.88 bits per heavy atom. The first kappa shape index (κ1) is 18.1. The van der Waals surface area contributed by atoms with E-state index in [0.29, 0.717) is 0 Å². The minimum Gasteiger partial charge on any atom is -0.480 e. The molecule has 126 valence electrons. The van der Waals surface area contributed by atoms with E-state index in [2.05, 4.69) is 31.9 Å². The zero-order valence-corrected chi connectivity index (χ0v) is 14.7. The van der Waals surface area contributed by atoms with Gasteiger partial charge in [0.25, 0.3) is 0 Å². The van der Waals surface area contributed by atoms with Crippen molar-refractivity contribution in [1.29, 1.82) is 0 Å². The van der Waals surface area contributed by atoms with Crippen LogP contribution in [0.2, 0.25) is 0 Å². The van der Waals surface area contributed by atoms with E-state index in [-0.39, 0.29) is 20.1 Å². The van der Waals surface area contributed by atoms with Gasteiger partial charge in [-0.05, 0) is 27.6 Å². The molecule has 0 saturated carbocycles. The number of halogens is 2. The van der Waals surface area contributed by atoms with Crippen LogP contribution in [-0.2, 0) is 19.8 Å². The Morgan fingerprint density at radius 2 is 1.46 bits per heavy atom. The number of fused-ring (bicyclic) bond motifs is 1. The molecule has 0 radical (unpaired) electrons. The number of carboxylic acid groups (broad SMARTS) is 4. The first-order chi connectivity index (χ1) is 11.1. The lowest BCUT2D eigenvalue weighted by Gasteiger charge is -2.33. The van der Waals surface area contributed by atoms with Crippen molar-refractivity contribution < 1.29 is 39.6 Å². The standard InChI is InChI=1S/C14H8Br2O8/c15-5-2-1-4-7(10(17)18)6(16)3-14(12(21)22,13(23)24)9(4)8(5)11(19)20/h1-2H,3H2,(H,17,18)(H,19,20)(H,21,22)(H,23,24). The van der Waals surface area contributed by atoms with Crippen LogP contribution >= 0.6 is 31.9 Å². The molecule has 4 N–H and O–H groups in total. The van der Waals surface area contributed by atoms with Crippen molar-refractivity contribution in [3.63, 3.8) is 0 Å². The number of aliphatic carboxylic acids is 3. The van der Waals surface area contributed by atoms with Gasteiger partial charge >= 0.3 is 23.9 Å². The van der Waals surface area contributed by atoms with Gasteiger partial charge in [-0.2, -0.15) is 0 Å². The molecule has 0 atom stereocenters. The van der Waals surface area contributed by atoms with Crippen LogP contribution in [0.25, 0.3) is 5.57 Å². The SMILES string of the molecule is O=C(O)C1=C(Br)CC(C(=O)O)(C(=O)O)c2c1ccc(Br)c2C(=O)O. The van der Waals surface area contributed by atoms with Gasteiger partial charge in [0.05, 0.1) is 11.1 Å². The van der Waals surface area contributed by atoms with Gasteiger partial charge in [-0.3, -0.25) is 9.59 Å². The molecule has 0 heterocycles. The Bertz CT molecular complexity index is 825. The Labute approximate surface area is 150 Å². The lowest BCUT2D eigenvalue weighted by Crippen LogP contribution is -2.47. The highest BCUT2D eigenvalue weighted by atomic mass is 79.9. The smallest absolute Gasteiger partial charge is 0.337 e. The Hall–Kier alpha value is -2.20. The quantitative estimate of drug-likeness (QED) is 0.496. The topological polar surface area (TPSA) is 149 Å². The molecule has 0 aliphatic heterocycles. The largest absolute Gasteiger partial charge is 0.480 e. The number of aromatic carboxylic acids is 1. The van der Waals surface area contributed by atoms with Gasteiger partial charge in [0.15, 0.2) is 5.41 Å². The average Bonchev–Trinajstić information content (AvgIpc) is 2.44. The number of carbonyl (C=O) groups is 4. The molecular weight excluding hydrogens is 456 g/mol. The van der Waals surface area contributed by atoms with Gasteiger partial charge in [-0.25, -0.2) is 9.59 Å². The molecule has 0 saturated heterocycles. The highest BCUT2D eigenvalue weighted by Crippen LogP contribution is 2.48. The van der Waals surface area contributed by atoms with Gasteiger partial charge < -0.3 is 20.4 Å². The molecule has 0 bridgehead atoms. The fourth-order valence-electron chi connectivity index (χ4n) is 2.68. The summed E-state index contributed by atoms with van der Waals surface area (Å²) in [5, 5.41) is 37.9. The molecule has 0 fully saturated rings. The molecule has 1 aliphatic rings. The van der Waals surface area contributed by atoms with Crippen LogP contribution in [0, 0.1) is 0 Å². The molecule has 1 aliphatic carbocycles. The van der Waals surface area contributed by atoms with Crippen molar-refractivity contribution in [3.05, 3.63) is 37.8 Å². The van der Waals surface area contributed by atoms with Crippen molar-refractivity contribution in [2.75, 3.05) is 0 Å². The number of benzene rings is 1. The first-order valence-corrected chi connectivity index (χ1v) is 7.79. The highest BCUT2D eigenvalue weighted by Gasteiger charge is 2.55. The predicted octanol–water partition coefficient (Wildman–Crippen LogP) is 2.15. The van der Waals surface area contributed by atoms with E-state index in [4.69, 9.17) is 0 Å². The number of carboxylic acids is 4. The molecule has 8 nitrogen and oxygen atoms in total.